The second-order valence-electron chi connectivity index (χ2n) is 5.95. The number of hydrogen-bond donors (Lipinski definition) is 1. The lowest BCUT2D eigenvalue weighted by Crippen LogP contribution is -2.14. The van der Waals surface area contributed by atoms with Crippen molar-refractivity contribution in [2.45, 2.75) is 13.8 Å². The summed E-state index contributed by atoms with van der Waals surface area (Å²) in [7, 11) is 1.53. The first kappa shape index (κ1) is 19.8. The van der Waals surface area contributed by atoms with Crippen LogP contribution in [-0.4, -0.2) is 19.6 Å². The zero-order valence-electron chi connectivity index (χ0n) is 15.7. The second kappa shape index (κ2) is 9.25. The van der Waals surface area contributed by atoms with Gasteiger partial charge >= 0.3 is 0 Å². The van der Waals surface area contributed by atoms with Crippen molar-refractivity contribution in [3.8, 4) is 17.6 Å². The number of methoxy groups -OCH3 is 1. The Labute approximate surface area is 159 Å². The lowest BCUT2D eigenvalue weighted by Gasteiger charge is -2.11. The van der Waals surface area contributed by atoms with Gasteiger partial charge in [0.2, 0.25) is 0 Å². The van der Waals surface area contributed by atoms with Crippen molar-refractivity contribution in [3.63, 3.8) is 0 Å². The van der Waals surface area contributed by atoms with Crippen molar-refractivity contribution >= 4 is 17.7 Å². The fraction of sp³-hybridized carbons (Fsp3) is 0.182. The highest BCUT2D eigenvalue weighted by molar-refractivity contribution is 6.10. The highest BCUT2D eigenvalue weighted by Gasteiger charge is 2.12. The summed E-state index contributed by atoms with van der Waals surface area (Å²) in [6.07, 6.45) is 3.15. The van der Waals surface area contributed by atoms with Gasteiger partial charge in [0.05, 0.1) is 7.11 Å². The third kappa shape index (κ3) is 5.23. The van der Waals surface area contributed by atoms with Gasteiger partial charge in [0.15, 0.2) is 11.5 Å². The molecule has 0 aromatic heterocycles. The van der Waals surface area contributed by atoms with Crippen LogP contribution in [0.4, 0.5) is 5.69 Å². The Kier molecular flexibility index (Phi) is 6.79. The van der Waals surface area contributed by atoms with Gasteiger partial charge in [0, 0.05) is 5.69 Å². The summed E-state index contributed by atoms with van der Waals surface area (Å²) in [6.45, 7) is 7.81. The van der Waals surface area contributed by atoms with Crippen molar-refractivity contribution in [1.82, 2.24) is 0 Å². The first-order valence-corrected chi connectivity index (χ1v) is 8.40. The number of nitriles is 1. The molecular formula is C22H22N2O3. The highest BCUT2D eigenvalue weighted by Crippen LogP contribution is 2.29. The molecule has 0 atom stereocenters. The molecule has 0 heterocycles. The molecule has 0 radical (unpaired) electrons. The van der Waals surface area contributed by atoms with Crippen LogP contribution in [0.25, 0.3) is 6.08 Å². The normalized spacial score (nSPS) is 10.7. The van der Waals surface area contributed by atoms with E-state index in [-0.39, 0.29) is 5.57 Å². The van der Waals surface area contributed by atoms with Gasteiger partial charge in [0.1, 0.15) is 18.2 Å². The molecule has 0 aliphatic rings. The first-order valence-electron chi connectivity index (χ1n) is 8.40. The number of anilines is 1. The number of nitrogens with zero attached hydrogens (tertiary/aromatic N) is 1. The van der Waals surface area contributed by atoms with E-state index in [9.17, 15) is 10.1 Å². The molecule has 0 aliphatic heterocycles. The number of benzene rings is 2. The molecule has 1 amide bonds. The maximum absolute atomic E-state index is 12.5. The van der Waals surface area contributed by atoms with E-state index < -0.39 is 5.91 Å². The van der Waals surface area contributed by atoms with Crippen LogP contribution in [0.5, 0.6) is 11.5 Å². The lowest BCUT2D eigenvalue weighted by atomic mass is 10.1. The van der Waals surface area contributed by atoms with Crippen molar-refractivity contribution in [1.29, 1.82) is 5.26 Å². The Balaban J connectivity index is 2.26. The molecular weight excluding hydrogens is 340 g/mol. The largest absolute Gasteiger partial charge is 0.493 e. The van der Waals surface area contributed by atoms with Gasteiger partial charge in [-0.1, -0.05) is 30.9 Å². The van der Waals surface area contributed by atoms with E-state index >= 15 is 0 Å². The zero-order valence-corrected chi connectivity index (χ0v) is 15.7. The predicted octanol–water partition coefficient (Wildman–Crippen LogP) is 4.42. The zero-order chi connectivity index (χ0) is 19.8. The van der Waals surface area contributed by atoms with Crippen LogP contribution in [0.3, 0.4) is 0 Å². The van der Waals surface area contributed by atoms with Gasteiger partial charge in [0.25, 0.3) is 5.91 Å². The van der Waals surface area contributed by atoms with E-state index in [2.05, 4.69) is 11.9 Å². The molecule has 0 aliphatic carbocycles. The van der Waals surface area contributed by atoms with Crippen LogP contribution >= 0.6 is 0 Å². The maximum atomic E-state index is 12.5. The van der Waals surface area contributed by atoms with E-state index in [0.717, 1.165) is 11.1 Å². The molecule has 0 saturated carbocycles. The van der Waals surface area contributed by atoms with Crippen molar-refractivity contribution in [2.24, 2.45) is 0 Å². The van der Waals surface area contributed by atoms with Crippen LogP contribution in [0.1, 0.15) is 16.7 Å². The number of aryl methyl sites for hydroxylation is 2. The van der Waals surface area contributed by atoms with E-state index in [0.29, 0.717) is 29.4 Å². The predicted molar refractivity (Wildman–Crippen MR) is 107 cm³/mol. The summed E-state index contributed by atoms with van der Waals surface area (Å²) in [5, 5.41) is 12.2. The molecule has 0 unspecified atom stereocenters. The van der Waals surface area contributed by atoms with Crippen LogP contribution < -0.4 is 14.8 Å². The van der Waals surface area contributed by atoms with Gasteiger partial charge in [-0.3, -0.25) is 4.79 Å². The molecule has 0 saturated heterocycles. The first-order chi connectivity index (χ1) is 13.0. The molecule has 5 nitrogen and oxygen atoms in total. The number of ether oxygens (including phenoxy) is 2. The fourth-order valence-electron chi connectivity index (χ4n) is 2.42. The van der Waals surface area contributed by atoms with Gasteiger partial charge < -0.3 is 14.8 Å². The number of hydrogen-bond acceptors (Lipinski definition) is 4. The molecule has 2 rings (SSSR count). The minimum Gasteiger partial charge on any atom is -0.493 e. The third-order valence-corrected chi connectivity index (χ3v) is 3.86. The van der Waals surface area contributed by atoms with Gasteiger partial charge in [-0.2, -0.15) is 5.26 Å². The van der Waals surface area contributed by atoms with Crippen LogP contribution in [0.15, 0.2) is 54.6 Å². The monoisotopic (exact) mass is 362 g/mol. The number of nitrogens with one attached hydrogen (secondary N) is 1. The Morgan fingerprint density at radius 2 is 2.00 bits per heavy atom. The summed E-state index contributed by atoms with van der Waals surface area (Å²) in [5.74, 6) is 0.614. The molecule has 27 heavy (non-hydrogen) atoms. The maximum Gasteiger partial charge on any atom is 0.266 e. The molecule has 2 aromatic carbocycles. The van der Waals surface area contributed by atoms with Gasteiger partial charge in [-0.25, -0.2) is 0 Å². The topological polar surface area (TPSA) is 71.3 Å². The summed E-state index contributed by atoms with van der Waals surface area (Å²) in [6, 6.07) is 12.9. The number of rotatable bonds is 7. The van der Waals surface area contributed by atoms with Crippen molar-refractivity contribution in [3.05, 3.63) is 71.3 Å². The molecule has 0 spiro atoms. The molecule has 0 fully saturated rings. The van der Waals surface area contributed by atoms with E-state index in [1.54, 1.807) is 24.3 Å². The Hall–Kier alpha value is -3.52. The lowest BCUT2D eigenvalue weighted by molar-refractivity contribution is -0.112. The van der Waals surface area contributed by atoms with Crippen molar-refractivity contribution < 1.29 is 14.3 Å². The smallest absolute Gasteiger partial charge is 0.266 e. The van der Waals surface area contributed by atoms with E-state index in [4.69, 9.17) is 9.47 Å². The van der Waals surface area contributed by atoms with E-state index in [1.165, 1.54) is 13.2 Å². The van der Waals surface area contributed by atoms with Gasteiger partial charge in [-0.05, 0) is 54.8 Å². The highest BCUT2D eigenvalue weighted by atomic mass is 16.5. The minimum atomic E-state index is -0.461. The standard InChI is InChI=1S/C22H22N2O3/c1-5-10-27-20-9-8-17(13-21(20)26-4)12-18(14-23)22(25)24-19-11-15(2)6-7-16(19)3/h5-9,11-13H,1,10H2,2-4H3,(H,24,25). The van der Waals surface area contributed by atoms with Crippen LogP contribution in [0, 0.1) is 25.2 Å². The minimum absolute atomic E-state index is 0.00211. The third-order valence-electron chi connectivity index (χ3n) is 3.86. The summed E-state index contributed by atoms with van der Waals surface area (Å²) in [4.78, 5) is 12.5. The molecule has 2 aromatic rings. The average Bonchev–Trinajstić information content (AvgIpc) is 2.67. The Morgan fingerprint density at radius 1 is 1.22 bits per heavy atom. The molecule has 0 bridgehead atoms. The Morgan fingerprint density at radius 3 is 2.67 bits per heavy atom. The SMILES string of the molecule is C=CCOc1ccc(C=C(C#N)C(=O)Nc2cc(C)ccc2C)cc1OC. The van der Waals surface area contributed by atoms with E-state index in [1.807, 2.05) is 38.1 Å². The molecule has 5 heteroatoms. The second-order valence-corrected chi connectivity index (χ2v) is 5.95. The average molecular weight is 362 g/mol. The van der Waals surface area contributed by atoms with Gasteiger partial charge in [-0.15, -0.1) is 0 Å². The van der Waals surface area contributed by atoms with Crippen molar-refractivity contribution in [2.75, 3.05) is 19.0 Å². The quantitative estimate of drug-likeness (QED) is 0.449. The number of carbonyl (C=O) groups excluding carboxylic acids is 1. The van der Waals surface area contributed by atoms with Crippen LogP contribution in [-0.2, 0) is 4.79 Å². The summed E-state index contributed by atoms with van der Waals surface area (Å²) < 4.78 is 10.8. The molecule has 1 N–H and O–H groups in total. The fourth-order valence-corrected chi connectivity index (χ4v) is 2.42. The molecule has 138 valence electrons. The van der Waals surface area contributed by atoms with Crippen LogP contribution in [0.2, 0.25) is 0 Å². The number of amides is 1. The number of carbonyl (C=O) groups is 1. The Bertz CT molecular complexity index is 924. The summed E-state index contributed by atoms with van der Waals surface area (Å²) in [5.41, 5.74) is 3.30. The summed E-state index contributed by atoms with van der Waals surface area (Å²) >= 11 is 0.